The molecule has 4 nitrogen and oxygen atoms in total. The minimum atomic E-state index is 0.658. The number of para-hydroxylation sites is 3. The number of rotatable bonds is 10. The molecule has 0 N–H and O–H groups in total. The Morgan fingerprint density at radius 2 is 1.19 bits per heavy atom. The van der Waals surface area contributed by atoms with Gasteiger partial charge in [-0.05, 0) is 79.1 Å². The predicted molar refractivity (Wildman–Crippen MR) is 222 cm³/mol. The lowest BCUT2D eigenvalue weighted by Gasteiger charge is -2.24. The lowest BCUT2D eigenvalue weighted by molar-refractivity contribution is -0.434. The summed E-state index contributed by atoms with van der Waals surface area (Å²) in [5.74, 6) is 0. The lowest BCUT2D eigenvalue weighted by atomic mass is 9.91. The Kier molecular flexibility index (Phi) is 10.4. The molecule has 0 amide bonds. The van der Waals surface area contributed by atoms with Gasteiger partial charge in [0.25, 0.3) is 0 Å². The van der Waals surface area contributed by atoms with E-state index >= 15 is 0 Å². The zero-order valence-electron chi connectivity index (χ0n) is 29.8. The molecule has 0 aliphatic heterocycles. The molecule has 7 rings (SSSR count). The number of anilines is 4. The zero-order valence-corrected chi connectivity index (χ0v) is 30.6. The fourth-order valence-electron chi connectivity index (χ4n) is 6.85. The fourth-order valence-corrected chi connectivity index (χ4v) is 8.18. The summed E-state index contributed by atoms with van der Waals surface area (Å²) in [6.45, 7) is 14.6. The van der Waals surface area contributed by atoms with E-state index in [9.17, 15) is 0 Å². The van der Waals surface area contributed by atoms with Crippen LogP contribution in [0.4, 0.5) is 33.4 Å². The van der Waals surface area contributed by atoms with Gasteiger partial charge in [0, 0.05) is 71.0 Å². The largest absolute Gasteiger partial charge is 0.345 e. The Balaban J connectivity index is 1.45. The van der Waals surface area contributed by atoms with Gasteiger partial charge in [0.1, 0.15) is 11.5 Å². The Bertz CT molecular complexity index is 2290. The summed E-state index contributed by atoms with van der Waals surface area (Å²) >= 11 is 1.68. The minimum absolute atomic E-state index is 0.658. The standard InChI is InChI=1S/C47H41N4S/c1-5-50(39-23-15-9-16-24-39)41-31-27-36(28-32-41)43(37-29-33-42(34-30-37)51(6-2)40-25-17-10-18-26-40)46-44(35-19-11-7-12-20-35)45(48-3)47(52-46)49(4)38-21-13-8-14-22-38/h7-34H,5-6H2,1-2,4H3/q+1. The number of benzene rings is 5. The van der Waals surface area contributed by atoms with Crippen LogP contribution in [0.5, 0.6) is 0 Å². The van der Waals surface area contributed by atoms with Crippen molar-refractivity contribution in [2.75, 3.05) is 29.9 Å². The van der Waals surface area contributed by atoms with Crippen LogP contribution in [0.2, 0.25) is 0 Å². The summed E-state index contributed by atoms with van der Waals surface area (Å²) in [7, 11) is 2.06. The molecule has 0 atom stereocenters. The van der Waals surface area contributed by atoms with Gasteiger partial charge in [-0.15, -0.1) is 11.3 Å². The Hall–Kier alpha value is -6.22. The highest BCUT2D eigenvalue weighted by atomic mass is 32.1. The van der Waals surface area contributed by atoms with E-state index in [1.54, 1.807) is 11.3 Å². The average molecular weight is 694 g/mol. The van der Waals surface area contributed by atoms with Gasteiger partial charge >= 0.3 is 0 Å². The highest BCUT2D eigenvalue weighted by molar-refractivity contribution is 7.18. The van der Waals surface area contributed by atoms with Crippen LogP contribution in [0.3, 0.4) is 0 Å². The van der Waals surface area contributed by atoms with Gasteiger partial charge in [-0.3, -0.25) is 0 Å². The van der Waals surface area contributed by atoms with Crippen LogP contribution in [-0.2, 0) is 0 Å². The van der Waals surface area contributed by atoms with Crippen LogP contribution in [0.25, 0.3) is 21.5 Å². The van der Waals surface area contributed by atoms with Crippen LogP contribution in [0.15, 0.2) is 175 Å². The second kappa shape index (κ2) is 15.8. The van der Waals surface area contributed by atoms with Gasteiger partial charge in [0.15, 0.2) is 0 Å². The molecule has 0 spiro atoms. The van der Waals surface area contributed by atoms with Crippen LogP contribution in [0.1, 0.15) is 24.3 Å². The van der Waals surface area contributed by atoms with E-state index in [1.165, 1.54) is 0 Å². The quantitative estimate of drug-likeness (QED) is 0.105. The van der Waals surface area contributed by atoms with Crippen molar-refractivity contribution in [2.45, 2.75) is 13.8 Å². The van der Waals surface area contributed by atoms with Gasteiger partial charge in [-0.1, -0.05) is 97.1 Å². The highest BCUT2D eigenvalue weighted by Crippen LogP contribution is 2.53. The van der Waals surface area contributed by atoms with Crippen molar-refractivity contribution in [3.63, 3.8) is 0 Å². The summed E-state index contributed by atoms with van der Waals surface area (Å²) in [5.41, 5.74) is 11.6. The van der Waals surface area contributed by atoms with E-state index in [0.717, 1.165) is 79.3 Å². The van der Waals surface area contributed by atoms with E-state index in [2.05, 4.69) is 186 Å². The van der Waals surface area contributed by atoms with Gasteiger partial charge in [-0.25, -0.2) is 4.85 Å². The first-order valence-corrected chi connectivity index (χ1v) is 18.5. The zero-order chi connectivity index (χ0) is 35.9. The van der Waals surface area contributed by atoms with E-state index in [0.29, 0.717) is 5.69 Å². The lowest BCUT2D eigenvalue weighted by Crippen LogP contribution is -2.15. The third-order valence-electron chi connectivity index (χ3n) is 9.42. The van der Waals surface area contributed by atoms with Crippen molar-refractivity contribution in [1.29, 1.82) is 0 Å². The summed E-state index contributed by atoms with van der Waals surface area (Å²) in [4.78, 5) is 9.78. The molecule has 0 fully saturated rings. The first kappa shape index (κ1) is 34.2. The second-order valence-electron chi connectivity index (χ2n) is 12.5. The molecule has 0 saturated carbocycles. The Labute approximate surface area is 311 Å². The summed E-state index contributed by atoms with van der Waals surface area (Å²) < 4.78 is 2.33. The monoisotopic (exact) mass is 693 g/mol. The molecule has 0 bridgehead atoms. The third kappa shape index (κ3) is 6.90. The van der Waals surface area contributed by atoms with Crippen molar-refractivity contribution in [1.82, 2.24) is 0 Å². The molecule has 5 heteroatoms. The molecule has 0 unspecified atom stereocenters. The average Bonchev–Trinajstić information content (AvgIpc) is 3.60. The molecular weight excluding hydrogens is 653 g/mol. The maximum absolute atomic E-state index is 8.54. The fraction of sp³-hybridized carbons (Fsp3) is 0.106. The van der Waals surface area contributed by atoms with Gasteiger partial charge in [0.2, 0.25) is 17.1 Å². The van der Waals surface area contributed by atoms with Crippen molar-refractivity contribution in [2.24, 2.45) is 0 Å². The Morgan fingerprint density at radius 3 is 1.75 bits per heavy atom. The molecule has 0 saturated heterocycles. The first-order chi connectivity index (χ1) is 25.6. The van der Waals surface area contributed by atoms with Gasteiger partial charge in [0.05, 0.1) is 6.57 Å². The minimum Gasteiger partial charge on any atom is -0.345 e. The number of allylic oxidation sites excluding steroid dienone is 5. The topological polar surface area (TPSA) is 13.8 Å². The van der Waals surface area contributed by atoms with Crippen LogP contribution >= 0.6 is 11.3 Å². The molecular formula is C47H41N4S+. The number of thiophene rings is 1. The van der Waals surface area contributed by atoms with E-state index < -0.39 is 0 Å². The van der Waals surface area contributed by atoms with Crippen LogP contribution in [-0.4, -0.2) is 30.4 Å². The molecule has 52 heavy (non-hydrogen) atoms. The maximum Gasteiger partial charge on any atom is 0.229 e. The van der Waals surface area contributed by atoms with Crippen LogP contribution < -0.4 is 9.80 Å². The molecule has 1 aliphatic carbocycles. The normalized spacial score (nSPS) is 12.0. The first-order valence-electron chi connectivity index (χ1n) is 17.7. The number of hydrogen-bond acceptors (Lipinski definition) is 3. The van der Waals surface area contributed by atoms with Crippen molar-refractivity contribution < 1.29 is 4.58 Å². The predicted octanol–water partition coefficient (Wildman–Crippen LogP) is 12.6. The van der Waals surface area contributed by atoms with Crippen molar-refractivity contribution in [3.8, 4) is 11.1 Å². The molecule has 1 heterocycles. The van der Waals surface area contributed by atoms with E-state index in [-0.39, 0.29) is 0 Å². The van der Waals surface area contributed by atoms with E-state index in [4.69, 9.17) is 6.57 Å². The molecule has 0 radical (unpaired) electrons. The molecule has 254 valence electrons. The van der Waals surface area contributed by atoms with Gasteiger partial charge < -0.3 is 9.80 Å². The number of nitrogens with zero attached hydrogens (tertiary/aromatic N) is 4. The molecule has 6 aromatic rings. The van der Waals surface area contributed by atoms with E-state index in [1.807, 2.05) is 24.3 Å². The highest BCUT2D eigenvalue weighted by Gasteiger charge is 2.27. The van der Waals surface area contributed by atoms with Gasteiger partial charge in [-0.2, -0.15) is 4.58 Å². The second-order valence-corrected chi connectivity index (χ2v) is 13.5. The maximum atomic E-state index is 8.54. The van der Waals surface area contributed by atoms with Crippen LogP contribution in [0, 0.1) is 6.57 Å². The smallest absolute Gasteiger partial charge is 0.229 e. The van der Waals surface area contributed by atoms with Crippen molar-refractivity contribution in [3.05, 3.63) is 197 Å². The van der Waals surface area contributed by atoms with Crippen molar-refractivity contribution >= 4 is 56.1 Å². The molecule has 1 aliphatic rings. The summed E-state index contributed by atoms with van der Waals surface area (Å²) in [6.07, 6.45) is 8.91. The third-order valence-corrected chi connectivity index (χ3v) is 10.7. The Morgan fingerprint density at radius 1 is 0.654 bits per heavy atom. The molecule has 1 aromatic heterocycles. The number of hydrogen-bond donors (Lipinski definition) is 0. The SMILES string of the molecule is [C-]#[N+]c1c(N(C)c2ccccc2)sc(C(=C2C=CC(=[N+](CC)c3ccccc3)C=C2)c2ccc(N(CC)c3ccccc3)cc2)c1-c1ccccc1. The summed E-state index contributed by atoms with van der Waals surface area (Å²) in [6, 6.07) is 50.6. The molecule has 5 aromatic carbocycles. The summed E-state index contributed by atoms with van der Waals surface area (Å²) in [5, 5.41) is 0.920.